The number of hydrogen-bond donors (Lipinski definition) is 1. The van der Waals surface area contributed by atoms with Gasteiger partial charge in [0.25, 0.3) is 5.91 Å². The van der Waals surface area contributed by atoms with Crippen molar-refractivity contribution in [2.24, 2.45) is 0 Å². The van der Waals surface area contributed by atoms with Crippen molar-refractivity contribution < 1.29 is 14.3 Å². The average molecular weight is 386 g/mol. The van der Waals surface area contributed by atoms with E-state index in [1.54, 1.807) is 36.3 Å². The first kappa shape index (κ1) is 18.7. The second-order valence-corrected chi connectivity index (χ2v) is 7.12. The SMILES string of the molecule is COc1cccc(C(=O)N2CC(=O)Nc3ccc(C)cc3[C@@H]2c2ccccc2)c1. The molecule has 4 rings (SSSR count). The number of anilines is 1. The van der Waals surface area contributed by atoms with Gasteiger partial charge in [-0.15, -0.1) is 0 Å². The van der Waals surface area contributed by atoms with E-state index in [-0.39, 0.29) is 24.4 Å². The van der Waals surface area contributed by atoms with Crippen LogP contribution in [0.15, 0.2) is 72.8 Å². The smallest absolute Gasteiger partial charge is 0.255 e. The van der Waals surface area contributed by atoms with Gasteiger partial charge in [-0.25, -0.2) is 0 Å². The van der Waals surface area contributed by atoms with Crippen LogP contribution in [0.25, 0.3) is 0 Å². The number of nitrogens with zero attached hydrogens (tertiary/aromatic N) is 1. The number of nitrogens with one attached hydrogen (secondary N) is 1. The zero-order valence-corrected chi connectivity index (χ0v) is 16.4. The van der Waals surface area contributed by atoms with Crippen molar-refractivity contribution in [3.05, 3.63) is 95.1 Å². The van der Waals surface area contributed by atoms with Crippen LogP contribution in [0.3, 0.4) is 0 Å². The zero-order chi connectivity index (χ0) is 20.4. The lowest BCUT2D eigenvalue weighted by Crippen LogP contribution is -2.39. The number of aryl methyl sites for hydroxylation is 1. The number of fused-ring (bicyclic) bond motifs is 1. The van der Waals surface area contributed by atoms with E-state index in [9.17, 15) is 9.59 Å². The van der Waals surface area contributed by atoms with Gasteiger partial charge in [-0.1, -0.05) is 54.1 Å². The second-order valence-electron chi connectivity index (χ2n) is 7.12. The molecule has 29 heavy (non-hydrogen) atoms. The van der Waals surface area contributed by atoms with Gasteiger partial charge in [0.15, 0.2) is 0 Å². The molecule has 1 aliphatic rings. The molecule has 1 N–H and O–H groups in total. The maximum Gasteiger partial charge on any atom is 0.255 e. The topological polar surface area (TPSA) is 58.6 Å². The lowest BCUT2D eigenvalue weighted by atomic mass is 9.94. The summed E-state index contributed by atoms with van der Waals surface area (Å²) >= 11 is 0. The molecule has 3 aromatic carbocycles. The van der Waals surface area contributed by atoms with Crippen molar-refractivity contribution in [1.82, 2.24) is 4.90 Å². The Morgan fingerprint density at radius 3 is 2.59 bits per heavy atom. The normalized spacial score (nSPS) is 15.9. The summed E-state index contributed by atoms with van der Waals surface area (Å²) in [6, 6.07) is 22.3. The average Bonchev–Trinajstić information content (AvgIpc) is 2.89. The molecule has 0 unspecified atom stereocenters. The first-order chi connectivity index (χ1) is 14.1. The number of methoxy groups -OCH3 is 1. The van der Waals surface area contributed by atoms with Crippen molar-refractivity contribution >= 4 is 17.5 Å². The van der Waals surface area contributed by atoms with Gasteiger partial charge in [-0.2, -0.15) is 0 Å². The quantitative estimate of drug-likeness (QED) is 0.734. The molecule has 0 fully saturated rings. The van der Waals surface area contributed by atoms with E-state index >= 15 is 0 Å². The second kappa shape index (κ2) is 7.80. The molecule has 0 radical (unpaired) electrons. The van der Waals surface area contributed by atoms with E-state index in [0.29, 0.717) is 11.3 Å². The highest BCUT2D eigenvalue weighted by molar-refractivity contribution is 6.01. The van der Waals surface area contributed by atoms with Crippen molar-refractivity contribution in [3.63, 3.8) is 0 Å². The van der Waals surface area contributed by atoms with E-state index in [0.717, 1.165) is 22.4 Å². The fourth-order valence-corrected chi connectivity index (χ4v) is 3.73. The third-order valence-corrected chi connectivity index (χ3v) is 5.09. The lowest BCUT2D eigenvalue weighted by Gasteiger charge is -2.31. The van der Waals surface area contributed by atoms with Crippen LogP contribution in [0.4, 0.5) is 5.69 Å². The molecule has 1 atom stereocenters. The fraction of sp³-hybridized carbons (Fsp3) is 0.167. The zero-order valence-electron chi connectivity index (χ0n) is 16.4. The molecule has 0 saturated heterocycles. The van der Waals surface area contributed by atoms with Gasteiger partial charge in [0.05, 0.1) is 13.2 Å². The largest absolute Gasteiger partial charge is 0.497 e. The Balaban J connectivity index is 1.87. The van der Waals surface area contributed by atoms with Crippen molar-refractivity contribution in [3.8, 4) is 5.75 Å². The summed E-state index contributed by atoms with van der Waals surface area (Å²) in [5, 5.41) is 2.95. The molecule has 0 aromatic heterocycles. The van der Waals surface area contributed by atoms with E-state index in [2.05, 4.69) is 5.32 Å². The summed E-state index contributed by atoms with van der Waals surface area (Å²) in [7, 11) is 1.56. The standard InChI is InChI=1S/C24H22N2O3/c1-16-11-12-21-20(13-16)23(17-7-4-3-5-8-17)26(15-22(27)25-21)24(28)18-9-6-10-19(14-18)29-2/h3-14,23H,15H2,1-2H3,(H,25,27)/t23-/m0/s1. The Morgan fingerprint density at radius 1 is 1.03 bits per heavy atom. The minimum Gasteiger partial charge on any atom is -0.497 e. The summed E-state index contributed by atoms with van der Waals surface area (Å²) in [4.78, 5) is 27.8. The highest BCUT2D eigenvalue weighted by Gasteiger charge is 2.34. The molecule has 3 aromatic rings. The van der Waals surface area contributed by atoms with Crippen LogP contribution >= 0.6 is 0 Å². The molecule has 0 saturated carbocycles. The van der Waals surface area contributed by atoms with Gasteiger partial charge >= 0.3 is 0 Å². The fourth-order valence-electron chi connectivity index (χ4n) is 3.73. The highest BCUT2D eigenvalue weighted by atomic mass is 16.5. The molecule has 2 amide bonds. The monoisotopic (exact) mass is 386 g/mol. The number of carbonyl (C=O) groups excluding carboxylic acids is 2. The van der Waals surface area contributed by atoms with Crippen LogP contribution in [0.2, 0.25) is 0 Å². The summed E-state index contributed by atoms with van der Waals surface area (Å²) in [5.74, 6) is 0.162. The molecular weight excluding hydrogens is 364 g/mol. The molecule has 146 valence electrons. The molecule has 5 nitrogen and oxygen atoms in total. The Hall–Kier alpha value is -3.60. The van der Waals surface area contributed by atoms with Gasteiger partial charge in [-0.3, -0.25) is 9.59 Å². The van der Waals surface area contributed by atoms with Gasteiger partial charge < -0.3 is 15.0 Å². The van der Waals surface area contributed by atoms with E-state index in [1.165, 1.54) is 0 Å². The van der Waals surface area contributed by atoms with Gasteiger partial charge in [0.2, 0.25) is 5.91 Å². The van der Waals surface area contributed by atoms with Crippen LogP contribution in [0.1, 0.15) is 33.1 Å². The Kier molecular flexibility index (Phi) is 5.04. The van der Waals surface area contributed by atoms with E-state index in [1.807, 2.05) is 55.5 Å². The van der Waals surface area contributed by atoms with Gasteiger partial charge in [0.1, 0.15) is 12.3 Å². The predicted molar refractivity (Wildman–Crippen MR) is 112 cm³/mol. The maximum absolute atomic E-state index is 13.5. The molecule has 0 bridgehead atoms. The first-order valence-electron chi connectivity index (χ1n) is 9.47. The molecule has 0 aliphatic carbocycles. The van der Waals surface area contributed by atoms with Gasteiger partial charge in [-0.05, 0) is 36.8 Å². The number of carbonyl (C=O) groups is 2. The van der Waals surface area contributed by atoms with Crippen LogP contribution < -0.4 is 10.1 Å². The lowest BCUT2D eigenvalue weighted by molar-refractivity contribution is -0.117. The van der Waals surface area contributed by atoms with E-state index in [4.69, 9.17) is 4.74 Å². The first-order valence-corrected chi connectivity index (χ1v) is 9.47. The molecule has 1 heterocycles. The number of hydrogen-bond acceptors (Lipinski definition) is 3. The number of rotatable bonds is 3. The molecule has 0 spiro atoms. The van der Waals surface area contributed by atoms with Crippen molar-refractivity contribution in [1.29, 1.82) is 0 Å². The predicted octanol–water partition coefficient (Wildman–Crippen LogP) is 4.19. The highest BCUT2D eigenvalue weighted by Crippen LogP contribution is 2.37. The van der Waals surface area contributed by atoms with Crippen LogP contribution in [0, 0.1) is 6.92 Å². The summed E-state index contributed by atoms with van der Waals surface area (Å²) < 4.78 is 5.27. The maximum atomic E-state index is 13.5. The van der Waals surface area contributed by atoms with Gasteiger partial charge in [0, 0.05) is 16.8 Å². The minimum atomic E-state index is -0.385. The number of benzene rings is 3. The third kappa shape index (κ3) is 3.72. The van der Waals surface area contributed by atoms with Crippen molar-refractivity contribution in [2.75, 3.05) is 19.0 Å². The minimum absolute atomic E-state index is 0.0384. The number of amides is 2. The Morgan fingerprint density at radius 2 is 1.83 bits per heavy atom. The van der Waals surface area contributed by atoms with Crippen LogP contribution in [-0.4, -0.2) is 30.4 Å². The summed E-state index contributed by atoms with van der Waals surface area (Å²) in [6.45, 7) is 1.96. The third-order valence-electron chi connectivity index (χ3n) is 5.09. The molecule has 1 aliphatic heterocycles. The summed E-state index contributed by atoms with van der Waals surface area (Å²) in [6.07, 6.45) is 0. The van der Waals surface area contributed by atoms with Crippen LogP contribution in [-0.2, 0) is 4.79 Å². The number of ether oxygens (including phenoxy) is 1. The Bertz CT molecular complexity index is 1060. The van der Waals surface area contributed by atoms with E-state index < -0.39 is 0 Å². The van der Waals surface area contributed by atoms with Crippen LogP contribution in [0.5, 0.6) is 5.75 Å². The Labute approximate surface area is 169 Å². The van der Waals surface area contributed by atoms with Crippen molar-refractivity contribution in [2.45, 2.75) is 13.0 Å². The molecule has 5 heteroatoms. The molecular formula is C24H22N2O3. The summed E-state index contributed by atoms with van der Waals surface area (Å²) in [5.41, 5.74) is 4.13.